The molecule has 0 saturated heterocycles. The summed E-state index contributed by atoms with van der Waals surface area (Å²) in [5.74, 6) is -0.853. The Kier molecular flexibility index (Phi) is 4.47. The highest BCUT2D eigenvalue weighted by Gasteiger charge is 2.13. The molecule has 2 aromatic carbocycles. The molecule has 1 aromatic heterocycles. The predicted molar refractivity (Wildman–Crippen MR) is 87.6 cm³/mol. The van der Waals surface area contributed by atoms with Gasteiger partial charge in [0.25, 0.3) is 5.91 Å². The Morgan fingerprint density at radius 3 is 2.71 bits per heavy atom. The molecule has 6 heteroatoms. The first-order valence-corrected chi connectivity index (χ1v) is 7.31. The van der Waals surface area contributed by atoms with Crippen LogP contribution in [0.3, 0.4) is 0 Å². The lowest BCUT2D eigenvalue weighted by Gasteiger charge is -2.06. The largest absolute Gasteiger partial charge is 0.508 e. The van der Waals surface area contributed by atoms with Gasteiger partial charge in [-0.2, -0.15) is 0 Å². The maximum absolute atomic E-state index is 11.9. The molecule has 0 fully saturated rings. The van der Waals surface area contributed by atoms with Crippen LogP contribution in [0.1, 0.15) is 5.56 Å². The molecule has 2 N–H and O–H groups in total. The average molecular weight is 325 g/mol. The van der Waals surface area contributed by atoms with E-state index >= 15 is 0 Å². The first-order valence-electron chi connectivity index (χ1n) is 7.31. The van der Waals surface area contributed by atoms with Gasteiger partial charge < -0.3 is 19.6 Å². The summed E-state index contributed by atoms with van der Waals surface area (Å²) in [7, 11) is 0. The van der Waals surface area contributed by atoms with Crippen molar-refractivity contribution >= 4 is 28.5 Å². The molecule has 3 aromatic rings. The first kappa shape index (κ1) is 15.6. The monoisotopic (exact) mass is 325 g/mol. The lowest BCUT2D eigenvalue weighted by Crippen LogP contribution is -2.21. The van der Waals surface area contributed by atoms with Gasteiger partial charge in [0.15, 0.2) is 6.61 Å². The van der Waals surface area contributed by atoms with Crippen LogP contribution in [0.2, 0.25) is 0 Å². The van der Waals surface area contributed by atoms with Gasteiger partial charge >= 0.3 is 5.97 Å². The Labute approximate surface area is 137 Å². The van der Waals surface area contributed by atoms with Crippen molar-refractivity contribution in [3.05, 3.63) is 60.4 Å². The van der Waals surface area contributed by atoms with E-state index in [0.29, 0.717) is 16.8 Å². The highest BCUT2D eigenvalue weighted by Crippen LogP contribution is 2.25. The number of benzene rings is 2. The number of aromatic hydroxyl groups is 1. The van der Waals surface area contributed by atoms with Crippen LogP contribution in [0.15, 0.2) is 59.2 Å². The topological polar surface area (TPSA) is 88.8 Å². The zero-order valence-electron chi connectivity index (χ0n) is 12.7. The summed E-state index contributed by atoms with van der Waals surface area (Å²) in [5.41, 5.74) is 1.76. The number of phenols is 1. The van der Waals surface area contributed by atoms with Crippen LogP contribution in [0.4, 0.5) is 5.69 Å². The first-order chi connectivity index (χ1) is 11.6. The molecule has 0 spiro atoms. The summed E-state index contributed by atoms with van der Waals surface area (Å²) in [5, 5.41) is 12.7. The lowest BCUT2D eigenvalue weighted by molar-refractivity contribution is -0.146. The van der Waals surface area contributed by atoms with E-state index in [1.54, 1.807) is 30.3 Å². The molecule has 0 saturated carbocycles. The molecular weight excluding hydrogens is 310 g/mol. The quantitative estimate of drug-likeness (QED) is 0.704. The number of esters is 1. The van der Waals surface area contributed by atoms with Gasteiger partial charge in [-0.3, -0.25) is 9.59 Å². The molecule has 0 radical (unpaired) electrons. The summed E-state index contributed by atoms with van der Waals surface area (Å²) < 4.78 is 10.3. The number of carbonyl (C=O) groups excluding carboxylic acids is 2. The van der Waals surface area contributed by atoms with E-state index in [0.717, 1.165) is 5.39 Å². The van der Waals surface area contributed by atoms with Gasteiger partial charge in [-0.1, -0.05) is 18.2 Å². The van der Waals surface area contributed by atoms with Gasteiger partial charge in [-0.05, 0) is 24.3 Å². The van der Waals surface area contributed by atoms with Crippen molar-refractivity contribution in [2.24, 2.45) is 0 Å². The number of hydrogen-bond acceptors (Lipinski definition) is 5. The maximum Gasteiger partial charge on any atom is 0.310 e. The molecule has 1 amide bonds. The smallest absolute Gasteiger partial charge is 0.310 e. The van der Waals surface area contributed by atoms with E-state index in [1.165, 1.54) is 18.4 Å². The Morgan fingerprint density at radius 1 is 1.12 bits per heavy atom. The van der Waals surface area contributed by atoms with Gasteiger partial charge in [0, 0.05) is 22.7 Å². The van der Waals surface area contributed by atoms with Crippen LogP contribution in [-0.2, 0) is 20.7 Å². The van der Waals surface area contributed by atoms with Gasteiger partial charge in [0.1, 0.15) is 11.3 Å². The van der Waals surface area contributed by atoms with Crippen LogP contribution in [0, 0.1) is 0 Å². The van der Waals surface area contributed by atoms with Crippen molar-refractivity contribution in [1.29, 1.82) is 0 Å². The highest BCUT2D eigenvalue weighted by atomic mass is 16.5. The van der Waals surface area contributed by atoms with E-state index in [-0.39, 0.29) is 18.8 Å². The number of nitrogens with one attached hydrogen (secondary N) is 1. The number of rotatable bonds is 5. The molecule has 0 aliphatic carbocycles. The Morgan fingerprint density at radius 2 is 1.92 bits per heavy atom. The van der Waals surface area contributed by atoms with Gasteiger partial charge in [-0.25, -0.2) is 0 Å². The molecule has 1 heterocycles. The molecule has 0 aliphatic rings. The molecule has 0 bridgehead atoms. The fraction of sp³-hybridized carbons (Fsp3) is 0.111. The van der Waals surface area contributed by atoms with Crippen molar-refractivity contribution in [3.63, 3.8) is 0 Å². The van der Waals surface area contributed by atoms with Gasteiger partial charge in [0.05, 0.1) is 12.7 Å². The van der Waals surface area contributed by atoms with Crippen LogP contribution in [0.5, 0.6) is 5.75 Å². The average Bonchev–Trinajstić information content (AvgIpc) is 2.96. The summed E-state index contributed by atoms with van der Waals surface area (Å²) in [6, 6.07) is 13.6. The molecule has 0 unspecified atom stereocenters. The second-order valence-corrected chi connectivity index (χ2v) is 5.19. The van der Waals surface area contributed by atoms with Crippen molar-refractivity contribution in [2.45, 2.75) is 6.42 Å². The Hall–Kier alpha value is -3.28. The van der Waals surface area contributed by atoms with E-state index in [1.807, 2.05) is 6.07 Å². The van der Waals surface area contributed by atoms with Crippen LogP contribution in [0.25, 0.3) is 11.0 Å². The number of fused-ring (bicyclic) bond motifs is 1. The predicted octanol–water partition coefficient (Wildman–Crippen LogP) is 2.86. The maximum atomic E-state index is 11.9. The molecular formula is C18H15NO5. The van der Waals surface area contributed by atoms with Crippen LogP contribution >= 0.6 is 0 Å². The molecule has 3 rings (SSSR count). The van der Waals surface area contributed by atoms with Gasteiger partial charge in [-0.15, -0.1) is 0 Å². The minimum Gasteiger partial charge on any atom is -0.508 e. The summed E-state index contributed by atoms with van der Waals surface area (Å²) in [4.78, 5) is 23.6. The van der Waals surface area contributed by atoms with E-state index < -0.39 is 11.9 Å². The van der Waals surface area contributed by atoms with E-state index in [2.05, 4.69) is 5.32 Å². The molecule has 0 aliphatic heterocycles. The number of furan rings is 1. The molecule has 6 nitrogen and oxygen atoms in total. The second kappa shape index (κ2) is 6.87. The molecule has 0 atom stereocenters. The van der Waals surface area contributed by atoms with Crippen LogP contribution in [-0.4, -0.2) is 23.6 Å². The highest BCUT2D eigenvalue weighted by molar-refractivity contribution is 5.93. The summed E-state index contributed by atoms with van der Waals surface area (Å²) >= 11 is 0. The number of carbonyl (C=O) groups is 2. The van der Waals surface area contributed by atoms with Gasteiger partial charge in [0.2, 0.25) is 0 Å². The third-order valence-electron chi connectivity index (χ3n) is 3.40. The van der Waals surface area contributed by atoms with E-state index in [9.17, 15) is 14.7 Å². The minimum atomic E-state index is -0.533. The van der Waals surface area contributed by atoms with Crippen molar-refractivity contribution < 1.29 is 23.8 Å². The van der Waals surface area contributed by atoms with Crippen molar-refractivity contribution in [1.82, 2.24) is 0 Å². The third-order valence-corrected chi connectivity index (χ3v) is 3.40. The zero-order valence-corrected chi connectivity index (χ0v) is 12.7. The Bertz CT molecular complexity index is 870. The number of para-hydroxylation sites is 1. The fourth-order valence-electron chi connectivity index (χ4n) is 2.28. The molecule has 122 valence electrons. The zero-order chi connectivity index (χ0) is 16.9. The normalized spacial score (nSPS) is 10.5. The van der Waals surface area contributed by atoms with Crippen molar-refractivity contribution in [3.8, 4) is 5.75 Å². The summed E-state index contributed by atoms with van der Waals surface area (Å²) in [6.45, 7) is -0.357. The molecule has 24 heavy (non-hydrogen) atoms. The number of phenolic OH excluding ortho intramolecular Hbond substituents is 1. The van der Waals surface area contributed by atoms with E-state index in [4.69, 9.17) is 9.15 Å². The van der Waals surface area contributed by atoms with Crippen molar-refractivity contribution in [2.75, 3.05) is 11.9 Å². The number of anilines is 1. The fourth-order valence-corrected chi connectivity index (χ4v) is 2.28. The number of amides is 1. The number of ether oxygens (including phenoxy) is 1. The summed E-state index contributed by atoms with van der Waals surface area (Å²) in [6.07, 6.45) is 1.42. The van der Waals surface area contributed by atoms with Crippen LogP contribution < -0.4 is 5.32 Å². The number of hydrogen-bond donors (Lipinski definition) is 2. The standard InChI is InChI=1S/C18H15NO5/c20-14-6-7-15-12(10-23-16(15)9-14)8-18(22)24-11-17(21)19-13-4-2-1-3-5-13/h1-7,9-10,20H,8,11H2,(H,19,21). The SMILES string of the molecule is O=C(COC(=O)Cc1coc2cc(O)ccc12)Nc1ccccc1. The third kappa shape index (κ3) is 3.73. The Balaban J connectivity index is 1.54. The lowest BCUT2D eigenvalue weighted by atomic mass is 10.1. The second-order valence-electron chi connectivity index (χ2n) is 5.19. The minimum absolute atomic E-state index is 0.0175.